The maximum atomic E-state index is 11.6. The third kappa shape index (κ3) is 5.50. The van der Waals surface area contributed by atoms with Crippen LogP contribution < -0.4 is 11.1 Å². The molecule has 2 atom stereocenters. The Morgan fingerprint density at radius 3 is 2.47 bits per heavy atom. The van der Waals surface area contributed by atoms with Crippen molar-refractivity contribution in [3.05, 3.63) is 35.9 Å². The van der Waals surface area contributed by atoms with Crippen molar-refractivity contribution < 1.29 is 19.8 Å². The Kier molecular flexibility index (Phi) is 5.98. The maximum absolute atomic E-state index is 11.6. The summed E-state index contributed by atoms with van der Waals surface area (Å²) in [4.78, 5) is 22.0. The minimum absolute atomic E-state index is 0.0425. The molecule has 0 heterocycles. The van der Waals surface area contributed by atoms with Crippen molar-refractivity contribution in [2.45, 2.75) is 25.0 Å². The standard InChI is InChI=1S/C13H18N2O4/c14-10(8-9-4-2-1-3-5-9)12(17)15-7-6-11(16)13(18)19/h1-5,10-11,16H,6-8,14H2,(H,15,17)(H,18,19)/t10-,11?/m1/s1. The number of aliphatic hydroxyl groups excluding tert-OH is 1. The van der Waals surface area contributed by atoms with Crippen molar-refractivity contribution in [2.24, 2.45) is 5.73 Å². The highest BCUT2D eigenvalue weighted by atomic mass is 16.4. The lowest BCUT2D eigenvalue weighted by atomic mass is 10.1. The van der Waals surface area contributed by atoms with Gasteiger partial charge in [-0.05, 0) is 12.0 Å². The van der Waals surface area contributed by atoms with Gasteiger partial charge in [-0.2, -0.15) is 0 Å². The van der Waals surface area contributed by atoms with Gasteiger partial charge < -0.3 is 21.3 Å². The molecule has 0 radical (unpaired) electrons. The summed E-state index contributed by atoms with van der Waals surface area (Å²) in [5.74, 6) is -1.66. The number of carbonyl (C=O) groups excluding carboxylic acids is 1. The Labute approximate surface area is 111 Å². The molecule has 1 amide bonds. The quantitative estimate of drug-likeness (QED) is 0.532. The van der Waals surface area contributed by atoms with E-state index in [1.165, 1.54) is 0 Å². The van der Waals surface area contributed by atoms with Gasteiger partial charge >= 0.3 is 5.97 Å². The SMILES string of the molecule is N[C@H](Cc1ccccc1)C(=O)NCCC(O)C(=O)O. The Morgan fingerprint density at radius 1 is 1.26 bits per heavy atom. The maximum Gasteiger partial charge on any atom is 0.332 e. The van der Waals surface area contributed by atoms with Crippen LogP contribution in [0.5, 0.6) is 0 Å². The van der Waals surface area contributed by atoms with E-state index in [2.05, 4.69) is 5.32 Å². The molecule has 1 unspecified atom stereocenters. The zero-order chi connectivity index (χ0) is 14.3. The van der Waals surface area contributed by atoms with Crippen LogP contribution in [-0.4, -0.2) is 40.8 Å². The molecule has 19 heavy (non-hydrogen) atoms. The molecule has 0 aromatic heterocycles. The molecule has 0 spiro atoms. The first-order valence-corrected chi connectivity index (χ1v) is 5.99. The summed E-state index contributed by atoms with van der Waals surface area (Å²) in [6.45, 7) is 0.0782. The van der Waals surface area contributed by atoms with Gasteiger partial charge in [0.2, 0.25) is 5.91 Å². The fourth-order valence-corrected chi connectivity index (χ4v) is 1.55. The zero-order valence-electron chi connectivity index (χ0n) is 10.5. The molecule has 6 heteroatoms. The molecule has 0 aliphatic carbocycles. The largest absolute Gasteiger partial charge is 0.479 e. The van der Waals surface area contributed by atoms with Gasteiger partial charge in [-0.25, -0.2) is 4.79 Å². The van der Waals surface area contributed by atoms with Crippen LogP contribution in [0.15, 0.2) is 30.3 Å². The Morgan fingerprint density at radius 2 is 1.89 bits per heavy atom. The van der Waals surface area contributed by atoms with Crippen LogP contribution in [0.1, 0.15) is 12.0 Å². The van der Waals surface area contributed by atoms with Crippen molar-refractivity contribution in [2.75, 3.05) is 6.54 Å². The third-order valence-corrected chi connectivity index (χ3v) is 2.64. The molecular formula is C13H18N2O4. The number of hydrogen-bond acceptors (Lipinski definition) is 4. The van der Waals surface area contributed by atoms with Gasteiger partial charge in [0.25, 0.3) is 0 Å². The lowest BCUT2D eigenvalue weighted by molar-refractivity contribution is -0.147. The molecule has 0 fully saturated rings. The Balaban J connectivity index is 2.31. The first kappa shape index (κ1) is 15.1. The number of hydrogen-bond donors (Lipinski definition) is 4. The highest BCUT2D eigenvalue weighted by Gasteiger charge is 2.16. The van der Waals surface area contributed by atoms with E-state index in [4.69, 9.17) is 15.9 Å². The lowest BCUT2D eigenvalue weighted by Crippen LogP contribution is -2.43. The fourth-order valence-electron chi connectivity index (χ4n) is 1.55. The molecule has 0 saturated carbocycles. The first-order valence-electron chi connectivity index (χ1n) is 5.99. The van der Waals surface area contributed by atoms with E-state index >= 15 is 0 Å². The number of carbonyl (C=O) groups is 2. The molecule has 0 bridgehead atoms. The lowest BCUT2D eigenvalue weighted by Gasteiger charge is -2.13. The van der Waals surface area contributed by atoms with Crippen molar-refractivity contribution in [3.63, 3.8) is 0 Å². The molecule has 1 aromatic carbocycles. The highest BCUT2D eigenvalue weighted by molar-refractivity contribution is 5.81. The number of aliphatic carboxylic acids is 1. The third-order valence-electron chi connectivity index (χ3n) is 2.64. The van der Waals surface area contributed by atoms with Gasteiger partial charge in [-0.15, -0.1) is 0 Å². The second-order valence-electron chi connectivity index (χ2n) is 4.23. The predicted molar refractivity (Wildman–Crippen MR) is 69.4 cm³/mol. The monoisotopic (exact) mass is 266 g/mol. The smallest absolute Gasteiger partial charge is 0.332 e. The van der Waals surface area contributed by atoms with E-state index in [9.17, 15) is 9.59 Å². The summed E-state index contributed by atoms with van der Waals surface area (Å²) >= 11 is 0. The van der Waals surface area contributed by atoms with Crippen LogP contribution in [0.2, 0.25) is 0 Å². The van der Waals surface area contributed by atoms with Crippen LogP contribution in [0.25, 0.3) is 0 Å². The van der Waals surface area contributed by atoms with Crippen molar-refractivity contribution in [1.82, 2.24) is 5.32 Å². The Hall–Kier alpha value is -1.92. The van der Waals surface area contributed by atoms with Crippen LogP contribution in [-0.2, 0) is 16.0 Å². The second-order valence-corrected chi connectivity index (χ2v) is 4.23. The van der Waals surface area contributed by atoms with Crippen molar-refractivity contribution in [3.8, 4) is 0 Å². The molecular weight excluding hydrogens is 248 g/mol. The topological polar surface area (TPSA) is 113 Å². The van der Waals surface area contributed by atoms with E-state index < -0.39 is 18.1 Å². The van der Waals surface area contributed by atoms with Gasteiger partial charge in [-0.3, -0.25) is 4.79 Å². The number of rotatable bonds is 7. The second kappa shape index (κ2) is 7.50. The molecule has 5 N–H and O–H groups in total. The van der Waals surface area contributed by atoms with Crippen LogP contribution >= 0.6 is 0 Å². The van der Waals surface area contributed by atoms with Crippen LogP contribution in [0.4, 0.5) is 0 Å². The average Bonchev–Trinajstić information content (AvgIpc) is 2.39. The summed E-state index contributed by atoms with van der Waals surface area (Å²) in [5.41, 5.74) is 6.69. The normalized spacial score (nSPS) is 13.6. The molecule has 1 rings (SSSR count). The number of amides is 1. The molecule has 0 aliphatic heterocycles. The van der Waals surface area contributed by atoms with E-state index in [0.717, 1.165) is 5.56 Å². The van der Waals surface area contributed by atoms with E-state index in [-0.39, 0.29) is 18.9 Å². The number of carboxylic acid groups (broad SMARTS) is 1. The number of nitrogens with two attached hydrogens (primary N) is 1. The van der Waals surface area contributed by atoms with Gasteiger partial charge in [0.05, 0.1) is 6.04 Å². The summed E-state index contributed by atoms with van der Waals surface area (Å²) in [6.07, 6.45) is -1.10. The summed E-state index contributed by atoms with van der Waals surface area (Å²) in [6, 6.07) is 8.67. The predicted octanol–water partition coefficient (Wildman–Crippen LogP) is -0.492. The first-order chi connectivity index (χ1) is 9.00. The molecule has 6 nitrogen and oxygen atoms in total. The average molecular weight is 266 g/mol. The Bertz CT molecular complexity index is 422. The number of aliphatic hydroxyl groups is 1. The minimum Gasteiger partial charge on any atom is -0.479 e. The number of carboxylic acids is 1. The van der Waals surface area contributed by atoms with Gasteiger partial charge in [0, 0.05) is 13.0 Å². The molecule has 1 aromatic rings. The number of nitrogens with one attached hydrogen (secondary N) is 1. The zero-order valence-corrected chi connectivity index (χ0v) is 10.5. The minimum atomic E-state index is -1.47. The molecule has 0 aliphatic rings. The van der Waals surface area contributed by atoms with Gasteiger partial charge in [-0.1, -0.05) is 30.3 Å². The van der Waals surface area contributed by atoms with Crippen LogP contribution in [0.3, 0.4) is 0 Å². The summed E-state index contributed by atoms with van der Waals surface area (Å²) in [5, 5.41) is 20.0. The van der Waals surface area contributed by atoms with Crippen LogP contribution in [0, 0.1) is 0 Å². The molecule has 0 saturated heterocycles. The summed E-state index contributed by atoms with van der Waals surface area (Å²) < 4.78 is 0. The van der Waals surface area contributed by atoms with Gasteiger partial charge in [0.1, 0.15) is 0 Å². The summed E-state index contributed by atoms with van der Waals surface area (Å²) in [7, 11) is 0. The van der Waals surface area contributed by atoms with E-state index in [1.807, 2.05) is 30.3 Å². The number of benzene rings is 1. The van der Waals surface area contributed by atoms with E-state index in [0.29, 0.717) is 6.42 Å². The van der Waals surface area contributed by atoms with Crippen molar-refractivity contribution in [1.29, 1.82) is 0 Å². The van der Waals surface area contributed by atoms with E-state index in [1.54, 1.807) is 0 Å². The fraction of sp³-hybridized carbons (Fsp3) is 0.385. The highest BCUT2D eigenvalue weighted by Crippen LogP contribution is 2.01. The van der Waals surface area contributed by atoms with Crippen molar-refractivity contribution >= 4 is 11.9 Å². The van der Waals surface area contributed by atoms with Gasteiger partial charge in [0.15, 0.2) is 6.10 Å². The molecule has 104 valence electrons.